The summed E-state index contributed by atoms with van der Waals surface area (Å²) < 4.78 is 13.1. The van der Waals surface area contributed by atoms with Gasteiger partial charge in [-0.15, -0.1) is 0 Å². The largest absolute Gasteiger partial charge is 0.467 e. The molecule has 0 spiro atoms. The lowest BCUT2D eigenvalue weighted by Gasteiger charge is -2.21. The molecule has 2 aromatic carbocycles. The molecular weight excluding hydrogens is 364 g/mol. The fourth-order valence-corrected chi connectivity index (χ4v) is 3.68. The number of ether oxygens (including phenoxy) is 2. The summed E-state index contributed by atoms with van der Waals surface area (Å²) in [6.45, 7) is 5.28. The highest BCUT2D eigenvalue weighted by atomic mass is 35.5. The van der Waals surface area contributed by atoms with Gasteiger partial charge in [0.1, 0.15) is 5.75 Å². The van der Waals surface area contributed by atoms with Gasteiger partial charge in [-0.1, -0.05) is 11.6 Å². The standard InChI is InChI=1S/C21H21ClN2O3/c1-13(2)24-6-5-14-7-15(3-4-19(14)24)21(25)23-10-16-8-18(22)9-17-11-26-12-27-20(16)17/h3-9,13H,10-12H2,1-2H3,(H,23,25). The van der Waals surface area contributed by atoms with Crippen molar-refractivity contribution in [1.82, 2.24) is 9.88 Å². The van der Waals surface area contributed by atoms with Gasteiger partial charge < -0.3 is 19.4 Å². The number of carbonyl (C=O) groups excluding carboxylic acids is 1. The molecule has 0 saturated heterocycles. The van der Waals surface area contributed by atoms with Crippen LogP contribution in [-0.4, -0.2) is 17.3 Å². The molecule has 1 aliphatic heterocycles. The lowest BCUT2D eigenvalue weighted by molar-refractivity contribution is -0.0170. The van der Waals surface area contributed by atoms with Crippen molar-refractivity contribution in [2.45, 2.75) is 33.0 Å². The minimum Gasteiger partial charge on any atom is -0.467 e. The minimum absolute atomic E-state index is 0.130. The summed E-state index contributed by atoms with van der Waals surface area (Å²) in [7, 11) is 0. The first-order valence-electron chi connectivity index (χ1n) is 8.93. The van der Waals surface area contributed by atoms with Crippen molar-refractivity contribution in [3.63, 3.8) is 0 Å². The molecule has 2 heterocycles. The Kier molecular flexibility index (Phi) is 4.81. The van der Waals surface area contributed by atoms with Crippen molar-refractivity contribution >= 4 is 28.4 Å². The minimum atomic E-state index is -0.130. The number of fused-ring (bicyclic) bond motifs is 2. The van der Waals surface area contributed by atoms with Crippen LogP contribution in [0.2, 0.25) is 5.02 Å². The highest BCUT2D eigenvalue weighted by Crippen LogP contribution is 2.31. The van der Waals surface area contributed by atoms with E-state index in [1.165, 1.54) is 0 Å². The van der Waals surface area contributed by atoms with Crippen LogP contribution in [0.15, 0.2) is 42.6 Å². The fourth-order valence-electron chi connectivity index (χ4n) is 3.42. The SMILES string of the molecule is CC(C)n1ccc2cc(C(=O)NCc3cc(Cl)cc4c3OCOC4)ccc21. The van der Waals surface area contributed by atoms with Crippen LogP contribution in [-0.2, 0) is 17.9 Å². The molecule has 0 unspecified atom stereocenters. The summed E-state index contributed by atoms with van der Waals surface area (Å²) >= 11 is 6.18. The van der Waals surface area contributed by atoms with Gasteiger partial charge >= 0.3 is 0 Å². The van der Waals surface area contributed by atoms with E-state index < -0.39 is 0 Å². The molecule has 0 atom stereocenters. The summed E-state index contributed by atoms with van der Waals surface area (Å²) in [6, 6.07) is 11.8. The number of nitrogens with one attached hydrogen (secondary N) is 1. The highest BCUT2D eigenvalue weighted by molar-refractivity contribution is 6.30. The lowest BCUT2D eigenvalue weighted by Crippen LogP contribution is -2.24. The van der Waals surface area contributed by atoms with Gasteiger partial charge in [0.25, 0.3) is 5.91 Å². The molecule has 0 fully saturated rings. The second-order valence-electron chi connectivity index (χ2n) is 6.94. The second-order valence-corrected chi connectivity index (χ2v) is 7.37. The zero-order valence-electron chi connectivity index (χ0n) is 15.3. The van der Waals surface area contributed by atoms with E-state index in [1.807, 2.05) is 36.4 Å². The Morgan fingerprint density at radius 1 is 1.26 bits per heavy atom. The molecular formula is C21H21ClN2O3. The second kappa shape index (κ2) is 7.25. The first-order chi connectivity index (χ1) is 13.0. The Balaban J connectivity index is 1.53. The Morgan fingerprint density at radius 2 is 2.11 bits per heavy atom. The van der Waals surface area contributed by atoms with Gasteiger partial charge in [0.15, 0.2) is 6.79 Å². The van der Waals surface area contributed by atoms with Gasteiger partial charge in [-0.2, -0.15) is 0 Å². The van der Waals surface area contributed by atoms with Crippen molar-refractivity contribution in [1.29, 1.82) is 0 Å². The monoisotopic (exact) mass is 384 g/mol. The number of halogens is 1. The lowest BCUT2D eigenvalue weighted by atomic mass is 10.1. The van der Waals surface area contributed by atoms with E-state index in [1.54, 1.807) is 0 Å². The van der Waals surface area contributed by atoms with Crippen molar-refractivity contribution < 1.29 is 14.3 Å². The molecule has 1 N–H and O–H groups in total. The number of hydrogen-bond donors (Lipinski definition) is 1. The number of nitrogens with zero attached hydrogens (tertiary/aromatic N) is 1. The molecule has 1 aliphatic rings. The predicted molar refractivity (Wildman–Crippen MR) is 105 cm³/mol. The van der Waals surface area contributed by atoms with Gasteiger partial charge in [-0.05, 0) is 50.2 Å². The third-order valence-electron chi connectivity index (χ3n) is 4.73. The van der Waals surface area contributed by atoms with Gasteiger partial charge in [-0.25, -0.2) is 0 Å². The molecule has 0 radical (unpaired) electrons. The third kappa shape index (κ3) is 3.53. The normalized spacial score (nSPS) is 13.5. The topological polar surface area (TPSA) is 52.5 Å². The Morgan fingerprint density at radius 3 is 2.93 bits per heavy atom. The van der Waals surface area contributed by atoms with Crippen molar-refractivity contribution in [3.8, 4) is 5.75 Å². The highest BCUT2D eigenvalue weighted by Gasteiger charge is 2.17. The summed E-state index contributed by atoms with van der Waals surface area (Å²) in [5, 5.41) is 4.61. The van der Waals surface area contributed by atoms with Gasteiger partial charge in [0, 0.05) is 51.4 Å². The van der Waals surface area contributed by atoms with E-state index >= 15 is 0 Å². The molecule has 0 bridgehead atoms. The zero-order valence-corrected chi connectivity index (χ0v) is 16.0. The number of carbonyl (C=O) groups is 1. The molecule has 6 heteroatoms. The first-order valence-corrected chi connectivity index (χ1v) is 9.31. The van der Waals surface area contributed by atoms with E-state index in [0.717, 1.165) is 27.8 Å². The van der Waals surface area contributed by atoms with Gasteiger partial charge in [-0.3, -0.25) is 4.79 Å². The van der Waals surface area contributed by atoms with Crippen LogP contribution in [0.4, 0.5) is 0 Å². The van der Waals surface area contributed by atoms with Crippen LogP contribution in [0.5, 0.6) is 5.75 Å². The molecule has 0 aliphatic carbocycles. The molecule has 1 aromatic heterocycles. The smallest absolute Gasteiger partial charge is 0.251 e. The molecule has 3 aromatic rings. The summed E-state index contributed by atoms with van der Waals surface area (Å²) in [5.41, 5.74) is 3.50. The Hall–Kier alpha value is -2.50. The van der Waals surface area contributed by atoms with Crippen LogP contribution in [0, 0.1) is 0 Å². The Bertz CT molecular complexity index is 1010. The molecule has 4 rings (SSSR count). The Labute approximate surface area is 162 Å². The van der Waals surface area contributed by atoms with Gasteiger partial charge in [0.2, 0.25) is 0 Å². The maximum atomic E-state index is 12.6. The van der Waals surface area contributed by atoms with Crippen LogP contribution >= 0.6 is 11.6 Å². The van der Waals surface area contributed by atoms with E-state index in [4.69, 9.17) is 21.1 Å². The average molecular weight is 385 g/mol. The molecule has 1 amide bonds. The fraction of sp³-hybridized carbons (Fsp3) is 0.286. The van der Waals surface area contributed by atoms with Gasteiger partial charge in [0.05, 0.1) is 6.61 Å². The summed E-state index contributed by atoms with van der Waals surface area (Å²) in [5.74, 6) is 0.616. The van der Waals surface area contributed by atoms with E-state index in [9.17, 15) is 4.79 Å². The van der Waals surface area contributed by atoms with Crippen molar-refractivity contribution in [2.24, 2.45) is 0 Å². The van der Waals surface area contributed by atoms with Crippen LogP contribution in [0.25, 0.3) is 10.9 Å². The van der Waals surface area contributed by atoms with E-state index in [2.05, 4.69) is 29.9 Å². The number of rotatable bonds is 4. The maximum absolute atomic E-state index is 12.6. The number of aromatic nitrogens is 1. The summed E-state index contributed by atoms with van der Waals surface area (Å²) in [6.07, 6.45) is 2.05. The van der Waals surface area contributed by atoms with Crippen molar-refractivity contribution in [2.75, 3.05) is 6.79 Å². The van der Waals surface area contributed by atoms with Crippen LogP contribution in [0.3, 0.4) is 0 Å². The van der Waals surface area contributed by atoms with Crippen molar-refractivity contribution in [3.05, 3.63) is 64.3 Å². The van der Waals surface area contributed by atoms with E-state index in [0.29, 0.717) is 29.8 Å². The molecule has 5 nitrogen and oxygen atoms in total. The number of benzene rings is 2. The average Bonchev–Trinajstić information content (AvgIpc) is 3.09. The molecule has 27 heavy (non-hydrogen) atoms. The van der Waals surface area contributed by atoms with Crippen LogP contribution < -0.4 is 10.1 Å². The first kappa shape index (κ1) is 17.9. The third-order valence-corrected chi connectivity index (χ3v) is 4.95. The maximum Gasteiger partial charge on any atom is 0.251 e. The number of hydrogen-bond acceptors (Lipinski definition) is 3. The molecule has 0 saturated carbocycles. The number of amides is 1. The molecule has 140 valence electrons. The van der Waals surface area contributed by atoms with Crippen LogP contribution in [0.1, 0.15) is 41.4 Å². The predicted octanol–water partition coefficient (Wildman–Crippen LogP) is 4.67. The quantitative estimate of drug-likeness (QED) is 0.711. The van der Waals surface area contributed by atoms with E-state index in [-0.39, 0.29) is 12.7 Å². The zero-order chi connectivity index (χ0) is 19.0. The summed E-state index contributed by atoms with van der Waals surface area (Å²) in [4.78, 5) is 12.6.